The molecule has 6 nitrogen and oxygen atoms in total. The lowest BCUT2D eigenvalue weighted by atomic mass is 10.3. The zero-order valence-electron chi connectivity index (χ0n) is 9.60. The van der Waals surface area contributed by atoms with Crippen LogP contribution in [0.3, 0.4) is 0 Å². The van der Waals surface area contributed by atoms with Gasteiger partial charge in [0.25, 0.3) is 0 Å². The lowest BCUT2D eigenvalue weighted by Crippen LogP contribution is -2.43. The van der Waals surface area contributed by atoms with Gasteiger partial charge in [0.1, 0.15) is 5.82 Å². The van der Waals surface area contributed by atoms with Crippen molar-refractivity contribution in [2.24, 2.45) is 0 Å². The van der Waals surface area contributed by atoms with Crippen molar-refractivity contribution in [2.45, 2.75) is 0 Å². The number of nitrogen functional groups attached to an aromatic ring is 1. The Hall–Kier alpha value is -1.38. The Balaban J connectivity index is 2.18. The largest absolute Gasteiger partial charge is 0.397 e. The van der Waals surface area contributed by atoms with Gasteiger partial charge >= 0.3 is 10.2 Å². The summed E-state index contributed by atoms with van der Waals surface area (Å²) in [5.41, 5.74) is 5.81. The molecular weight excluding hydrogens is 261 g/mol. The fourth-order valence-electron chi connectivity index (χ4n) is 1.61. The standard InChI is InChI=1S/C10H14FN3O3S/c11-8-1-2-9(12)10(7-8)13-18(15,16)14-3-5-17-6-4-14/h1-2,7,13H,3-6,12H2. The van der Waals surface area contributed by atoms with Gasteiger partial charge < -0.3 is 10.5 Å². The molecule has 0 aromatic heterocycles. The zero-order valence-corrected chi connectivity index (χ0v) is 10.4. The molecule has 0 saturated carbocycles. The summed E-state index contributed by atoms with van der Waals surface area (Å²) in [4.78, 5) is 0. The van der Waals surface area contributed by atoms with Gasteiger partial charge in [-0.25, -0.2) is 4.39 Å². The number of benzene rings is 1. The first-order valence-corrected chi connectivity index (χ1v) is 6.84. The van der Waals surface area contributed by atoms with E-state index in [9.17, 15) is 12.8 Å². The number of rotatable bonds is 3. The Morgan fingerprint density at radius 3 is 2.67 bits per heavy atom. The molecule has 0 amide bonds. The highest BCUT2D eigenvalue weighted by Gasteiger charge is 2.24. The monoisotopic (exact) mass is 275 g/mol. The Kier molecular flexibility index (Phi) is 3.69. The molecule has 1 saturated heterocycles. The maximum Gasteiger partial charge on any atom is 0.301 e. The minimum atomic E-state index is -3.72. The molecule has 2 rings (SSSR count). The van der Waals surface area contributed by atoms with Crippen LogP contribution >= 0.6 is 0 Å². The fourth-order valence-corrected chi connectivity index (χ4v) is 2.82. The van der Waals surface area contributed by atoms with Gasteiger partial charge in [0.15, 0.2) is 0 Å². The summed E-state index contributed by atoms with van der Waals surface area (Å²) in [6.07, 6.45) is 0. The molecule has 0 radical (unpaired) electrons. The molecular formula is C10H14FN3O3S. The molecule has 1 aromatic rings. The van der Waals surface area contributed by atoms with Crippen LogP contribution in [0, 0.1) is 5.82 Å². The highest BCUT2D eigenvalue weighted by atomic mass is 32.2. The van der Waals surface area contributed by atoms with Gasteiger partial charge in [0.2, 0.25) is 0 Å². The van der Waals surface area contributed by atoms with Gasteiger partial charge in [-0.1, -0.05) is 0 Å². The van der Waals surface area contributed by atoms with E-state index in [1.54, 1.807) is 0 Å². The number of anilines is 2. The number of nitrogens with two attached hydrogens (primary N) is 1. The van der Waals surface area contributed by atoms with Crippen LogP contribution in [0.15, 0.2) is 18.2 Å². The number of nitrogens with one attached hydrogen (secondary N) is 1. The van der Waals surface area contributed by atoms with E-state index in [1.165, 1.54) is 16.4 Å². The molecule has 1 aliphatic rings. The minimum absolute atomic E-state index is 0.0430. The summed E-state index contributed by atoms with van der Waals surface area (Å²) in [6.45, 7) is 1.23. The number of morpholine rings is 1. The number of ether oxygens (including phenoxy) is 1. The average Bonchev–Trinajstić information content (AvgIpc) is 2.35. The summed E-state index contributed by atoms with van der Waals surface area (Å²) >= 11 is 0. The van der Waals surface area contributed by atoms with E-state index in [-0.39, 0.29) is 24.5 Å². The maximum atomic E-state index is 13.0. The van der Waals surface area contributed by atoms with Crippen LogP contribution in [-0.2, 0) is 14.9 Å². The van der Waals surface area contributed by atoms with Gasteiger partial charge in [0, 0.05) is 19.2 Å². The van der Waals surface area contributed by atoms with Crippen LogP contribution in [0.25, 0.3) is 0 Å². The quantitative estimate of drug-likeness (QED) is 0.782. The van der Waals surface area contributed by atoms with Crippen molar-refractivity contribution in [2.75, 3.05) is 36.8 Å². The van der Waals surface area contributed by atoms with E-state index >= 15 is 0 Å². The first-order valence-electron chi connectivity index (χ1n) is 5.40. The van der Waals surface area contributed by atoms with Gasteiger partial charge in [-0.2, -0.15) is 12.7 Å². The third-order valence-electron chi connectivity index (χ3n) is 2.56. The first kappa shape index (κ1) is 13.1. The second-order valence-electron chi connectivity index (χ2n) is 3.85. The van der Waals surface area contributed by atoms with E-state index in [4.69, 9.17) is 10.5 Å². The van der Waals surface area contributed by atoms with Gasteiger partial charge in [-0.3, -0.25) is 4.72 Å². The molecule has 18 heavy (non-hydrogen) atoms. The van der Waals surface area contributed by atoms with Gasteiger partial charge in [0.05, 0.1) is 24.6 Å². The van der Waals surface area contributed by atoms with E-state index in [0.29, 0.717) is 13.2 Å². The summed E-state index contributed by atoms with van der Waals surface area (Å²) < 4.78 is 45.6. The number of hydrogen-bond donors (Lipinski definition) is 2. The summed E-state index contributed by atoms with van der Waals surface area (Å²) in [7, 11) is -3.72. The zero-order chi connectivity index (χ0) is 13.2. The number of nitrogens with zero attached hydrogens (tertiary/aromatic N) is 1. The topological polar surface area (TPSA) is 84.7 Å². The molecule has 3 N–H and O–H groups in total. The minimum Gasteiger partial charge on any atom is -0.397 e. The van der Waals surface area contributed by atoms with Crippen LogP contribution in [-0.4, -0.2) is 39.0 Å². The second-order valence-corrected chi connectivity index (χ2v) is 5.52. The fraction of sp³-hybridized carbons (Fsp3) is 0.400. The third-order valence-corrected chi connectivity index (χ3v) is 4.09. The Morgan fingerprint density at radius 2 is 2.00 bits per heavy atom. The number of hydrogen-bond acceptors (Lipinski definition) is 4. The van der Waals surface area contributed by atoms with Crippen molar-refractivity contribution in [3.63, 3.8) is 0 Å². The van der Waals surface area contributed by atoms with E-state index in [0.717, 1.165) is 6.07 Å². The predicted octanol–water partition coefficient (Wildman–Crippen LogP) is 0.397. The van der Waals surface area contributed by atoms with Crippen molar-refractivity contribution in [3.8, 4) is 0 Å². The molecule has 1 heterocycles. The highest BCUT2D eigenvalue weighted by Crippen LogP contribution is 2.21. The smallest absolute Gasteiger partial charge is 0.301 e. The van der Waals surface area contributed by atoms with Gasteiger partial charge in [-0.15, -0.1) is 0 Å². The van der Waals surface area contributed by atoms with E-state index in [2.05, 4.69) is 4.72 Å². The molecule has 1 aromatic carbocycles. The van der Waals surface area contributed by atoms with Crippen LogP contribution in [0.4, 0.5) is 15.8 Å². The SMILES string of the molecule is Nc1ccc(F)cc1NS(=O)(=O)N1CCOCC1. The summed E-state index contributed by atoms with van der Waals surface area (Å²) in [5.74, 6) is -0.552. The summed E-state index contributed by atoms with van der Waals surface area (Å²) in [6, 6.07) is 3.53. The molecule has 8 heteroatoms. The predicted molar refractivity (Wildman–Crippen MR) is 65.7 cm³/mol. The van der Waals surface area contributed by atoms with Crippen molar-refractivity contribution in [1.29, 1.82) is 0 Å². The lowest BCUT2D eigenvalue weighted by molar-refractivity contribution is 0.0733. The molecule has 0 unspecified atom stereocenters. The van der Waals surface area contributed by atoms with Crippen LogP contribution < -0.4 is 10.5 Å². The first-order chi connectivity index (χ1) is 8.49. The van der Waals surface area contributed by atoms with Crippen molar-refractivity contribution >= 4 is 21.6 Å². The lowest BCUT2D eigenvalue weighted by Gasteiger charge is -2.26. The van der Waals surface area contributed by atoms with Crippen LogP contribution in [0.2, 0.25) is 0 Å². The Labute approximate surface area is 105 Å². The summed E-state index contributed by atoms with van der Waals surface area (Å²) in [5, 5.41) is 0. The van der Waals surface area contributed by atoms with Crippen LogP contribution in [0.1, 0.15) is 0 Å². The average molecular weight is 275 g/mol. The second kappa shape index (κ2) is 5.09. The van der Waals surface area contributed by atoms with Crippen molar-refractivity contribution in [3.05, 3.63) is 24.0 Å². The highest BCUT2D eigenvalue weighted by molar-refractivity contribution is 7.90. The molecule has 1 aliphatic heterocycles. The number of halogens is 1. The maximum absolute atomic E-state index is 13.0. The van der Waals surface area contributed by atoms with Crippen molar-refractivity contribution < 1.29 is 17.5 Å². The molecule has 0 bridgehead atoms. The third kappa shape index (κ3) is 2.89. The van der Waals surface area contributed by atoms with Crippen LogP contribution in [0.5, 0.6) is 0 Å². The van der Waals surface area contributed by atoms with Gasteiger partial charge in [-0.05, 0) is 12.1 Å². The normalized spacial score (nSPS) is 17.6. The molecule has 0 atom stereocenters. The molecule has 0 aliphatic carbocycles. The molecule has 100 valence electrons. The Morgan fingerprint density at radius 1 is 1.33 bits per heavy atom. The molecule has 1 fully saturated rings. The Bertz CT molecular complexity index is 529. The van der Waals surface area contributed by atoms with E-state index in [1.807, 2.05) is 0 Å². The van der Waals surface area contributed by atoms with E-state index < -0.39 is 16.0 Å². The molecule has 0 spiro atoms. The van der Waals surface area contributed by atoms with Crippen molar-refractivity contribution in [1.82, 2.24) is 4.31 Å².